The average Bonchev–Trinajstić information content (AvgIpc) is 2.40. The van der Waals surface area contributed by atoms with Gasteiger partial charge in [0.1, 0.15) is 11.8 Å². The van der Waals surface area contributed by atoms with Gasteiger partial charge in [-0.3, -0.25) is 4.79 Å². The van der Waals surface area contributed by atoms with Crippen LogP contribution in [0.1, 0.15) is 34.1 Å². The lowest BCUT2D eigenvalue weighted by molar-refractivity contribution is -0.123. The van der Waals surface area contributed by atoms with Gasteiger partial charge in [0.25, 0.3) is 0 Å². The molecule has 0 spiro atoms. The number of ether oxygens (including phenoxy) is 1. The molecular weight excluding hydrogens is 320 g/mol. The Kier molecular flexibility index (Phi) is 5.87. The molecule has 1 amide bonds. The first-order chi connectivity index (χ1) is 9.29. The lowest BCUT2D eigenvalue weighted by Crippen LogP contribution is -2.48. The summed E-state index contributed by atoms with van der Waals surface area (Å²) in [4.78, 5) is 12.1. The third-order valence-corrected chi connectivity index (χ3v) is 3.93. The minimum Gasteiger partial charge on any atom is -0.495 e. The van der Waals surface area contributed by atoms with Crippen molar-refractivity contribution in [2.75, 3.05) is 12.4 Å². The number of benzene rings is 1. The van der Waals surface area contributed by atoms with Gasteiger partial charge < -0.3 is 15.4 Å². The molecule has 1 aromatic carbocycles. The van der Waals surface area contributed by atoms with Gasteiger partial charge in [0.05, 0.1) is 11.6 Å². The van der Waals surface area contributed by atoms with Gasteiger partial charge in [-0.1, -0.05) is 6.92 Å². The maximum Gasteiger partial charge on any atom is 0.242 e. The highest BCUT2D eigenvalue weighted by Crippen LogP contribution is 2.28. The molecule has 1 rings (SSSR count). The Morgan fingerprint density at radius 1 is 1.45 bits per heavy atom. The van der Waals surface area contributed by atoms with E-state index < -0.39 is 0 Å². The maximum atomic E-state index is 12.1. The average molecular weight is 343 g/mol. The molecule has 0 aliphatic rings. The highest BCUT2D eigenvalue weighted by molar-refractivity contribution is 9.10. The summed E-state index contributed by atoms with van der Waals surface area (Å²) in [5, 5.41) is 6.20. The molecule has 2 N–H and O–H groups in total. The van der Waals surface area contributed by atoms with Crippen LogP contribution in [-0.2, 0) is 4.79 Å². The van der Waals surface area contributed by atoms with Crippen LogP contribution < -0.4 is 15.4 Å². The van der Waals surface area contributed by atoms with Gasteiger partial charge >= 0.3 is 0 Å². The molecule has 0 saturated carbocycles. The molecular formula is C15H23BrN2O2. The van der Waals surface area contributed by atoms with Crippen LogP contribution in [0.3, 0.4) is 0 Å². The molecule has 1 atom stereocenters. The van der Waals surface area contributed by atoms with Crippen molar-refractivity contribution in [1.82, 2.24) is 5.32 Å². The Labute approximate surface area is 129 Å². The van der Waals surface area contributed by atoms with Gasteiger partial charge in [0.15, 0.2) is 0 Å². The number of hydrogen-bond acceptors (Lipinski definition) is 3. The second-order valence-electron chi connectivity index (χ2n) is 5.44. The van der Waals surface area contributed by atoms with Crippen LogP contribution in [0.15, 0.2) is 22.7 Å². The topological polar surface area (TPSA) is 50.4 Å². The van der Waals surface area contributed by atoms with Gasteiger partial charge in [-0.05, 0) is 55.3 Å². The summed E-state index contributed by atoms with van der Waals surface area (Å²) in [7, 11) is 1.61. The predicted molar refractivity (Wildman–Crippen MR) is 86.3 cm³/mol. The van der Waals surface area contributed by atoms with Crippen LogP contribution in [0.5, 0.6) is 5.75 Å². The van der Waals surface area contributed by atoms with Crippen LogP contribution in [0.25, 0.3) is 0 Å². The molecule has 20 heavy (non-hydrogen) atoms. The summed E-state index contributed by atoms with van der Waals surface area (Å²) in [5.41, 5.74) is 0.659. The molecule has 0 radical (unpaired) electrons. The van der Waals surface area contributed by atoms with Gasteiger partial charge in [0, 0.05) is 17.3 Å². The molecule has 5 heteroatoms. The van der Waals surface area contributed by atoms with E-state index in [-0.39, 0.29) is 17.5 Å². The van der Waals surface area contributed by atoms with Crippen molar-refractivity contribution in [1.29, 1.82) is 0 Å². The lowest BCUT2D eigenvalue weighted by atomic mass is 10.0. The van der Waals surface area contributed by atoms with E-state index in [9.17, 15) is 4.79 Å². The smallest absolute Gasteiger partial charge is 0.242 e. The number of carbonyl (C=O) groups is 1. The number of methoxy groups -OCH3 is 1. The first-order valence-corrected chi connectivity index (χ1v) is 7.50. The largest absolute Gasteiger partial charge is 0.495 e. The summed E-state index contributed by atoms with van der Waals surface area (Å²) in [5.74, 6) is 0.718. The molecule has 112 valence electrons. The fourth-order valence-corrected chi connectivity index (χ4v) is 2.00. The third-order valence-electron chi connectivity index (χ3n) is 3.27. The summed E-state index contributed by atoms with van der Waals surface area (Å²) in [6, 6.07) is 5.34. The number of hydrogen-bond donors (Lipinski definition) is 2. The number of carbonyl (C=O) groups excluding carboxylic acids is 1. The molecule has 0 fully saturated rings. The van der Waals surface area contributed by atoms with Gasteiger partial charge in [-0.2, -0.15) is 0 Å². The Hall–Kier alpha value is -1.23. The lowest BCUT2D eigenvalue weighted by Gasteiger charge is -2.27. The Balaban J connectivity index is 2.70. The molecule has 0 bridgehead atoms. The number of rotatable bonds is 6. The zero-order chi connectivity index (χ0) is 15.3. The van der Waals surface area contributed by atoms with E-state index in [2.05, 4.69) is 33.5 Å². The van der Waals surface area contributed by atoms with Gasteiger partial charge in [-0.25, -0.2) is 0 Å². The van der Waals surface area contributed by atoms with Crippen LogP contribution in [0, 0.1) is 0 Å². The molecule has 0 aliphatic heterocycles. The standard InChI is InChI=1S/C15H23BrN2O2/c1-6-15(3,4)18-14(19)10(2)17-11-7-8-12(16)13(9-11)20-5/h7-10,17H,6H2,1-5H3,(H,18,19). The molecule has 1 aromatic rings. The second kappa shape index (κ2) is 6.97. The minimum atomic E-state index is -0.313. The Morgan fingerprint density at radius 3 is 2.65 bits per heavy atom. The van der Waals surface area contributed by atoms with E-state index in [1.807, 2.05) is 39.0 Å². The molecule has 0 heterocycles. The molecule has 1 unspecified atom stereocenters. The maximum absolute atomic E-state index is 12.1. The van der Waals surface area contributed by atoms with E-state index in [1.165, 1.54) is 0 Å². The quantitative estimate of drug-likeness (QED) is 0.830. The first-order valence-electron chi connectivity index (χ1n) is 6.71. The summed E-state index contributed by atoms with van der Waals surface area (Å²) < 4.78 is 6.12. The van der Waals surface area contributed by atoms with E-state index >= 15 is 0 Å². The molecule has 0 aromatic heterocycles. The van der Waals surface area contributed by atoms with Crippen molar-refractivity contribution in [2.24, 2.45) is 0 Å². The van der Waals surface area contributed by atoms with Crippen molar-refractivity contribution < 1.29 is 9.53 Å². The van der Waals surface area contributed by atoms with E-state index in [0.29, 0.717) is 0 Å². The van der Waals surface area contributed by atoms with Crippen molar-refractivity contribution in [3.8, 4) is 5.75 Å². The normalized spacial score (nSPS) is 12.7. The predicted octanol–water partition coefficient (Wildman–Crippen LogP) is 3.56. The molecule has 0 saturated heterocycles. The summed E-state index contributed by atoms with van der Waals surface area (Å²) in [6.45, 7) is 7.92. The monoisotopic (exact) mass is 342 g/mol. The van der Waals surface area contributed by atoms with Crippen LogP contribution in [0.4, 0.5) is 5.69 Å². The van der Waals surface area contributed by atoms with Crippen molar-refractivity contribution in [2.45, 2.75) is 45.7 Å². The third kappa shape index (κ3) is 4.71. The number of nitrogens with one attached hydrogen (secondary N) is 2. The van der Waals surface area contributed by atoms with Crippen molar-refractivity contribution in [3.63, 3.8) is 0 Å². The molecule has 4 nitrogen and oxygen atoms in total. The number of halogens is 1. The van der Waals surface area contributed by atoms with E-state index in [1.54, 1.807) is 7.11 Å². The van der Waals surface area contributed by atoms with Crippen LogP contribution in [0.2, 0.25) is 0 Å². The van der Waals surface area contributed by atoms with Gasteiger partial charge in [-0.15, -0.1) is 0 Å². The summed E-state index contributed by atoms with van der Waals surface area (Å²) >= 11 is 3.40. The SMILES string of the molecule is CCC(C)(C)NC(=O)C(C)Nc1ccc(Br)c(OC)c1. The van der Waals surface area contributed by atoms with Crippen molar-refractivity contribution >= 4 is 27.5 Å². The minimum absolute atomic E-state index is 0.0151. The van der Waals surface area contributed by atoms with Crippen LogP contribution in [-0.4, -0.2) is 24.6 Å². The fourth-order valence-electron chi connectivity index (χ4n) is 1.60. The highest BCUT2D eigenvalue weighted by Gasteiger charge is 2.21. The first kappa shape index (κ1) is 16.8. The second-order valence-corrected chi connectivity index (χ2v) is 6.30. The fraction of sp³-hybridized carbons (Fsp3) is 0.533. The van der Waals surface area contributed by atoms with Gasteiger partial charge in [0.2, 0.25) is 5.91 Å². The Bertz CT molecular complexity index is 475. The Morgan fingerprint density at radius 2 is 2.10 bits per heavy atom. The van der Waals surface area contributed by atoms with E-state index in [0.717, 1.165) is 22.3 Å². The zero-order valence-electron chi connectivity index (χ0n) is 12.7. The van der Waals surface area contributed by atoms with E-state index in [4.69, 9.17) is 4.74 Å². The number of amides is 1. The number of anilines is 1. The van der Waals surface area contributed by atoms with Crippen LogP contribution >= 0.6 is 15.9 Å². The zero-order valence-corrected chi connectivity index (χ0v) is 14.3. The highest BCUT2D eigenvalue weighted by atomic mass is 79.9. The summed E-state index contributed by atoms with van der Waals surface area (Å²) in [6.07, 6.45) is 0.886. The molecule has 0 aliphatic carbocycles. The van der Waals surface area contributed by atoms with Crippen molar-refractivity contribution in [3.05, 3.63) is 22.7 Å².